The number of sulfone groups is 1. The summed E-state index contributed by atoms with van der Waals surface area (Å²) < 4.78 is 37.2. The van der Waals surface area contributed by atoms with Crippen LogP contribution < -0.4 is 9.47 Å². The fourth-order valence-corrected chi connectivity index (χ4v) is 4.31. The lowest BCUT2D eigenvalue weighted by atomic mass is 10.2. The highest BCUT2D eigenvalue weighted by atomic mass is 35.5. The molecule has 0 N–H and O–H groups in total. The van der Waals surface area contributed by atoms with Gasteiger partial charge in [-0.15, -0.1) is 0 Å². The molecule has 0 radical (unpaired) electrons. The Labute approximate surface area is 197 Å². The smallest absolute Gasteiger partial charge is 0.216 e. The summed E-state index contributed by atoms with van der Waals surface area (Å²) in [7, 11) is -4.00. The van der Waals surface area contributed by atoms with Crippen LogP contribution in [0, 0.1) is 11.3 Å². The third-order valence-electron chi connectivity index (χ3n) is 4.43. The molecule has 0 unspecified atom stereocenters. The van der Waals surface area contributed by atoms with Crippen LogP contribution in [0.1, 0.15) is 18.1 Å². The van der Waals surface area contributed by atoms with Gasteiger partial charge in [0.1, 0.15) is 17.6 Å². The Morgan fingerprint density at radius 3 is 2.38 bits per heavy atom. The lowest BCUT2D eigenvalue weighted by molar-refractivity contribution is 0.269. The van der Waals surface area contributed by atoms with Crippen molar-refractivity contribution in [3.05, 3.63) is 92.8 Å². The van der Waals surface area contributed by atoms with Crippen LogP contribution in [0.5, 0.6) is 11.5 Å². The van der Waals surface area contributed by atoms with Gasteiger partial charge in [-0.05, 0) is 61.0 Å². The Morgan fingerprint density at radius 2 is 1.72 bits per heavy atom. The quantitative estimate of drug-likeness (QED) is 0.348. The van der Waals surface area contributed by atoms with Crippen molar-refractivity contribution in [2.45, 2.75) is 18.4 Å². The Morgan fingerprint density at radius 1 is 1.00 bits per heavy atom. The number of allylic oxidation sites excluding steroid dienone is 1. The third-order valence-corrected chi connectivity index (χ3v) is 6.73. The molecule has 0 saturated carbocycles. The van der Waals surface area contributed by atoms with E-state index in [1.807, 2.05) is 25.1 Å². The minimum atomic E-state index is -4.00. The second kappa shape index (κ2) is 10.6. The van der Waals surface area contributed by atoms with Gasteiger partial charge in [-0.3, -0.25) is 0 Å². The van der Waals surface area contributed by atoms with Crippen molar-refractivity contribution in [2.75, 3.05) is 6.61 Å². The van der Waals surface area contributed by atoms with E-state index in [-0.39, 0.29) is 11.5 Å². The Hall–Kier alpha value is -2.98. The van der Waals surface area contributed by atoms with Gasteiger partial charge in [0.05, 0.1) is 11.5 Å². The monoisotopic (exact) mass is 487 g/mol. The minimum absolute atomic E-state index is 0.0144. The van der Waals surface area contributed by atoms with E-state index in [2.05, 4.69) is 0 Å². The molecular weight excluding hydrogens is 469 g/mol. The van der Waals surface area contributed by atoms with E-state index in [1.165, 1.54) is 30.3 Å². The normalized spacial score (nSPS) is 11.6. The summed E-state index contributed by atoms with van der Waals surface area (Å²) >= 11 is 12.0. The molecule has 0 saturated heterocycles. The predicted octanol–water partition coefficient (Wildman–Crippen LogP) is 6.31. The molecule has 0 bridgehead atoms. The van der Waals surface area contributed by atoms with Gasteiger partial charge in [0.2, 0.25) is 9.84 Å². The second-order valence-electron chi connectivity index (χ2n) is 6.60. The van der Waals surface area contributed by atoms with Crippen LogP contribution in [0.25, 0.3) is 6.08 Å². The fourth-order valence-electron chi connectivity index (χ4n) is 2.83. The van der Waals surface area contributed by atoms with Crippen molar-refractivity contribution in [3.63, 3.8) is 0 Å². The number of nitrogens with zero attached hydrogens (tertiary/aromatic N) is 1. The van der Waals surface area contributed by atoms with Crippen molar-refractivity contribution in [2.24, 2.45) is 0 Å². The van der Waals surface area contributed by atoms with Crippen LogP contribution in [0.4, 0.5) is 0 Å². The highest BCUT2D eigenvalue weighted by Crippen LogP contribution is 2.32. The van der Waals surface area contributed by atoms with Crippen LogP contribution in [0.15, 0.2) is 76.5 Å². The summed E-state index contributed by atoms with van der Waals surface area (Å²) in [5.74, 6) is 0.900. The first-order valence-electron chi connectivity index (χ1n) is 9.60. The standard InChI is InChI=1S/C24H19Cl2NO4S/c1-2-30-24-14-17(7-12-23(24)31-16-18-5-3-4-6-22(18)26)13-21(15-27)32(28,29)20-10-8-19(25)9-11-20/h3-14H,2,16H2,1H3/b21-13+. The van der Waals surface area contributed by atoms with Crippen molar-refractivity contribution >= 4 is 39.1 Å². The predicted molar refractivity (Wildman–Crippen MR) is 126 cm³/mol. The van der Waals surface area contributed by atoms with Crippen LogP contribution in [-0.2, 0) is 16.4 Å². The number of hydrogen-bond acceptors (Lipinski definition) is 5. The van der Waals surface area contributed by atoms with Gasteiger partial charge in [0.15, 0.2) is 11.5 Å². The molecule has 32 heavy (non-hydrogen) atoms. The van der Waals surface area contributed by atoms with Gasteiger partial charge >= 0.3 is 0 Å². The van der Waals surface area contributed by atoms with E-state index in [4.69, 9.17) is 32.7 Å². The molecule has 164 valence electrons. The number of benzene rings is 3. The number of nitriles is 1. The largest absolute Gasteiger partial charge is 0.490 e. The highest BCUT2D eigenvalue weighted by Gasteiger charge is 2.21. The molecule has 0 atom stereocenters. The van der Waals surface area contributed by atoms with E-state index >= 15 is 0 Å². The molecule has 0 fully saturated rings. The summed E-state index contributed by atoms with van der Waals surface area (Å²) in [6.07, 6.45) is 1.30. The summed E-state index contributed by atoms with van der Waals surface area (Å²) in [5, 5.41) is 10.5. The molecule has 8 heteroatoms. The van der Waals surface area contributed by atoms with Crippen LogP contribution in [0.2, 0.25) is 10.0 Å². The van der Waals surface area contributed by atoms with Crippen LogP contribution in [0.3, 0.4) is 0 Å². The van der Waals surface area contributed by atoms with Gasteiger partial charge in [-0.1, -0.05) is 47.5 Å². The van der Waals surface area contributed by atoms with E-state index in [1.54, 1.807) is 30.3 Å². The average Bonchev–Trinajstić information content (AvgIpc) is 2.78. The summed E-state index contributed by atoms with van der Waals surface area (Å²) in [4.78, 5) is -0.411. The topological polar surface area (TPSA) is 76.4 Å². The zero-order chi connectivity index (χ0) is 23.1. The highest BCUT2D eigenvalue weighted by molar-refractivity contribution is 7.95. The van der Waals surface area contributed by atoms with Gasteiger partial charge in [-0.25, -0.2) is 8.42 Å². The zero-order valence-corrected chi connectivity index (χ0v) is 19.4. The van der Waals surface area contributed by atoms with Gasteiger partial charge < -0.3 is 9.47 Å². The molecule has 0 heterocycles. The molecule has 0 aromatic heterocycles. The van der Waals surface area contributed by atoms with Crippen molar-refractivity contribution in [3.8, 4) is 17.6 Å². The summed E-state index contributed by atoms with van der Waals surface area (Å²) in [6, 6.07) is 19.7. The second-order valence-corrected chi connectivity index (χ2v) is 9.36. The number of ether oxygens (including phenoxy) is 2. The lowest BCUT2D eigenvalue weighted by Crippen LogP contribution is -2.04. The third kappa shape index (κ3) is 5.63. The molecule has 3 aromatic carbocycles. The van der Waals surface area contributed by atoms with Crippen molar-refractivity contribution in [1.82, 2.24) is 0 Å². The molecule has 5 nitrogen and oxygen atoms in total. The molecule has 3 rings (SSSR count). The van der Waals surface area contributed by atoms with Crippen LogP contribution >= 0.6 is 23.2 Å². The first kappa shape index (κ1) is 23.7. The maximum Gasteiger partial charge on any atom is 0.216 e. The summed E-state index contributed by atoms with van der Waals surface area (Å²) in [6.45, 7) is 2.44. The van der Waals surface area contributed by atoms with Gasteiger partial charge in [0.25, 0.3) is 0 Å². The van der Waals surface area contributed by atoms with E-state index < -0.39 is 14.7 Å². The van der Waals surface area contributed by atoms with E-state index in [0.29, 0.717) is 33.7 Å². The number of rotatable bonds is 8. The maximum atomic E-state index is 12.8. The number of halogens is 2. The van der Waals surface area contributed by atoms with Gasteiger partial charge in [0, 0.05) is 15.6 Å². The number of hydrogen-bond donors (Lipinski definition) is 0. The SMILES string of the molecule is CCOc1cc(/C=C(\C#N)S(=O)(=O)c2ccc(Cl)cc2)ccc1OCc1ccccc1Cl. The fraction of sp³-hybridized carbons (Fsp3) is 0.125. The van der Waals surface area contributed by atoms with Gasteiger partial charge in [-0.2, -0.15) is 5.26 Å². The molecule has 3 aromatic rings. The zero-order valence-electron chi connectivity index (χ0n) is 17.1. The van der Waals surface area contributed by atoms with Crippen molar-refractivity contribution in [1.29, 1.82) is 5.26 Å². The van der Waals surface area contributed by atoms with E-state index in [9.17, 15) is 13.7 Å². The van der Waals surface area contributed by atoms with Crippen LogP contribution in [-0.4, -0.2) is 15.0 Å². The molecular formula is C24H19Cl2NO4S. The maximum absolute atomic E-state index is 12.8. The van der Waals surface area contributed by atoms with E-state index in [0.717, 1.165) is 5.56 Å². The Kier molecular flexibility index (Phi) is 7.81. The minimum Gasteiger partial charge on any atom is -0.490 e. The van der Waals surface area contributed by atoms with Crippen molar-refractivity contribution < 1.29 is 17.9 Å². The molecule has 0 aliphatic carbocycles. The first-order valence-corrected chi connectivity index (χ1v) is 11.8. The molecule has 0 aliphatic rings. The molecule has 0 amide bonds. The first-order chi connectivity index (χ1) is 15.3. The lowest BCUT2D eigenvalue weighted by Gasteiger charge is -2.13. The Bertz CT molecular complexity index is 1280. The molecule has 0 aliphatic heterocycles. The summed E-state index contributed by atoms with van der Waals surface area (Å²) in [5.41, 5.74) is 1.30. The Balaban J connectivity index is 1.91. The average molecular weight is 488 g/mol. The molecule has 0 spiro atoms.